The van der Waals surface area contributed by atoms with Crippen molar-refractivity contribution in [2.45, 2.75) is 20.5 Å². The van der Waals surface area contributed by atoms with Gasteiger partial charge >= 0.3 is 0 Å². The number of hydrogen-bond donors (Lipinski definition) is 3. The maximum atomic E-state index is 8.94. The van der Waals surface area contributed by atoms with Crippen molar-refractivity contribution < 1.29 is 9.53 Å². The zero-order chi connectivity index (χ0) is 20.4. The summed E-state index contributed by atoms with van der Waals surface area (Å²) < 4.78 is 5.99. The van der Waals surface area contributed by atoms with Gasteiger partial charge in [0.1, 0.15) is 6.61 Å². The van der Waals surface area contributed by atoms with Gasteiger partial charge in [0, 0.05) is 35.6 Å². The molecule has 0 aliphatic heterocycles. The Morgan fingerprint density at radius 2 is 1.75 bits per heavy atom. The number of carbonyl (C=O) groups excluding carboxylic acids is 1. The summed E-state index contributed by atoms with van der Waals surface area (Å²) >= 11 is 0. The first-order valence-corrected chi connectivity index (χ1v) is 8.91. The molecule has 6 nitrogen and oxygen atoms in total. The highest BCUT2D eigenvalue weighted by atomic mass is 16.5. The number of rotatable bonds is 6. The van der Waals surface area contributed by atoms with Crippen molar-refractivity contribution in [2.24, 2.45) is 5.84 Å². The van der Waals surface area contributed by atoms with E-state index >= 15 is 0 Å². The Morgan fingerprint density at radius 1 is 1.04 bits per heavy atom. The van der Waals surface area contributed by atoms with E-state index in [9.17, 15) is 0 Å². The summed E-state index contributed by atoms with van der Waals surface area (Å²) in [7, 11) is 1.93. The number of hydrazine groups is 1. The highest BCUT2D eigenvalue weighted by molar-refractivity contribution is 5.63. The fraction of sp³-hybridized carbons (Fsp3) is 0.182. The topological polar surface area (TPSA) is 89.3 Å². The third-order valence-corrected chi connectivity index (χ3v) is 4.24. The van der Waals surface area contributed by atoms with Crippen LogP contribution in [0.25, 0.3) is 11.1 Å². The van der Waals surface area contributed by atoms with Crippen LogP contribution in [-0.2, 0) is 11.4 Å². The number of benzene rings is 2. The SMILES string of the molecule is CNc1cccc(C)c1COc1ncc(-c2ccccc2)cc1C.NNC=O. The standard InChI is InChI=1S/C21H22N2O.CH4N2O/c1-15-8-7-11-20(22-3)19(15)14-24-21-16(2)12-18(13-23-21)17-9-5-4-6-10-17;2-3-1-4/h4-13,22H,14H2,1-3H3;1H,2H2,(H,3,4). The molecule has 3 aromatic rings. The second kappa shape index (κ2) is 10.7. The van der Waals surface area contributed by atoms with Crippen LogP contribution in [0, 0.1) is 13.8 Å². The van der Waals surface area contributed by atoms with Gasteiger partial charge in [-0.3, -0.25) is 10.2 Å². The molecule has 0 atom stereocenters. The number of amides is 1. The van der Waals surface area contributed by atoms with Gasteiger partial charge in [-0.1, -0.05) is 42.5 Å². The number of pyridine rings is 1. The van der Waals surface area contributed by atoms with Crippen LogP contribution in [0.5, 0.6) is 5.88 Å². The minimum atomic E-state index is 0.403. The van der Waals surface area contributed by atoms with Crippen molar-refractivity contribution in [3.8, 4) is 17.0 Å². The van der Waals surface area contributed by atoms with Crippen LogP contribution in [0.3, 0.4) is 0 Å². The van der Waals surface area contributed by atoms with Crippen molar-refractivity contribution >= 4 is 12.1 Å². The lowest BCUT2D eigenvalue weighted by Gasteiger charge is -2.14. The van der Waals surface area contributed by atoms with Gasteiger partial charge in [0.2, 0.25) is 12.3 Å². The Balaban J connectivity index is 0.000000640. The second-order valence-electron chi connectivity index (χ2n) is 6.14. The van der Waals surface area contributed by atoms with Crippen molar-refractivity contribution in [3.05, 3.63) is 77.5 Å². The number of ether oxygens (including phenoxy) is 1. The molecule has 28 heavy (non-hydrogen) atoms. The Labute approximate surface area is 165 Å². The molecule has 0 fully saturated rings. The number of hydrogen-bond acceptors (Lipinski definition) is 5. The van der Waals surface area contributed by atoms with E-state index < -0.39 is 0 Å². The Morgan fingerprint density at radius 3 is 2.36 bits per heavy atom. The molecule has 0 aliphatic carbocycles. The Bertz CT molecular complexity index is 898. The fourth-order valence-electron chi connectivity index (χ4n) is 2.77. The smallest absolute Gasteiger partial charge is 0.221 e. The molecule has 4 N–H and O–H groups in total. The van der Waals surface area contributed by atoms with E-state index in [0.29, 0.717) is 18.9 Å². The van der Waals surface area contributed by atoms with Crippen LogP contribution in [0.1, 0.15) is 16.7 Å². The molecule has 146 valence electrons. The molecule has 2 aromatic carbocycles. The number of aryl methyl sites for hydroxylation is 2. The first-order chi connectivity index (χ1) is 13.6. The maximum absolute atomic E-state index is 8.94. The van der Waals surface area contributed by atoms with Crippen LogP contribution in [0.2, 0.25) is 0 Å². The molecule has 0 saturated heterocycles. The van der Waals surface area contributed by atoms with Gasteiger partial charge in [-0.2, -0.15) is 0 Å². The molecule has 0 unspecified atom stereocenters. The van der Waals surface area contributed by atoms with Crippen LogP contribution in [0.15, 0.2) is 60.8 Å². The van der Waals surface area contributed by atoms with E-state index in [-0.39, 0.29) is 0 Å². The minimum Gasteiger partial charge on any atom is -0.473 e. The number of anilines is 1. The lowest BCUT2D eigenvalue weighted by molar-refractivity contribution is -0.109. The fourth-order valence-corrected chi connectivity index (χ4v) is 2.77. The van der Waals surface area contributed by atoms with Crippen molar-refractivity contribution in [1.29, 1.82) is 0 Å². The molecule has 6 heteroatoms. The monoisotopic (exact) mass is 378 g/mol. The number of carbonyl (C=O) groups is 1. The lowest BCUT2D eigenvalue weighted by atomic mass is 10.1. The van der Waals surface area contributed by atoms with Gasteiger partial charge < -0.3 is 10.1 Å². The van der Waals surface area contributed by atoms with Crippen LogP contribution < -0.4 is 21.3 Å². The summed E-state index contributed by atoms with van der Waals surface area (Å²) in [4.78, 5) is 13.4. The summed E-state index contributed by atoms with van der Waals surface area (Å²) in [5, 5.41) is 3.22. The molecule has 0 saturated carbocycles. The van der Waals surface area contributed by atoms with Gasteiger partial charge in [-0.15, -0.1) is 0 Å². The zero-order valence-corrected chi connectivity index (χ0v) is 16.4. The first kappa shape index (κ1) is 20.9. The number of nitrogens with one attached hydrogen (secondary N) is 2. The van der Waals surface area contributed by atoms with E-state index in [4.69, 9.17) is 9.53 Å². The van der Waals surface area contributed by atoms with E-state index in [1.54, 1.807) is 5.43 Å². The summed E-state index contributed by atoms with van der Waals surface area (Å²) in [6.45, 7) is 4.63. The molecule has 1 amide bonds. The van der Waals surface area contributed by atoms with Crippen LogP contribution in [0.4, 0.5) is 5.69 Å². The van der Waals surface area contributed by atoms with Gasteiger partial charge in [0.25, 0.3) is 0 Å². The quantitative estimate of drug-likeness (QED) is 0.264. The van der Waals surface area contributed by atoms with Crippen molar-refractivity contribution in [3.63, 3.8) is 0 Å². The Kier molecular flexibility index (Phi) is 7.99. The second-order valence-corrected chi connectivity index (χ2v) is 6.14. The van der Waals surface area contributed by atoms with Gasteiger partial charge in [0.15, 0.2) is 0 Å². The third-order valence-electron chi connectivity index (χ3n) is 4.24. The number of aromatic nitrogens is 1. The maximum Gasteiger partial charge on any atom is 0.221 e. The third kappa shape index (κ3) is 5.56. The summed E-state index contributed by atoms with van der Waals surface area (Å²) in [5.74, 6) is 5.09. The molecular formula is C22H26N4O2. The molecule has 0 bridgehead atoms. The zero-order valence-electron chi connectivity index (χ0n) is 16.4. The van der Waals surface area contributed by atoms with Crippen LogP contribution >= 0.6 is 0 Å². The minimum absolute atomic E-state index is 0.403. The molecule has 1 aromatic heterocycles. The summed E-state index contributed by atoms with van der Waals surface area (Å²) in [5.41, 5.74) is 8.52. The predicted octanol–water partition coefficient (Wildman–Crippen LogP) is 3.59. The van der Waals surface area contributed by atoms with E-state index in [0.717, 1.165) is 27.9 Å². The van der Waals surface area contributed by atoms with Crippen molar-refractivity contribution in [1.82, 2.24) is 10.4 Å². The Hall–Kier alpha value is -3.38. The highest BCUT2D eigenvalue weighted by Gasteiger charge is 2.09. The van der Waals surface area contributed by atoms with Gasteiger partial charge in [-0.05, 0) is 37.1 Å². The van der Waals surface area contributed by atoms with Crippen molar-refractivity contribution in [2.75, 3.05) is 12.4 Å². The van der Waals surface area contributed by atoms with Crippen LogP contribution in [-0.4, -0.2) is 18.4 Å². The molecule has 0 spiro atoms. The van der Waals surface area contributed by atoms with E-state index in [1.165, 1.54) is 5.56 Å². The molecular weight excluding hydrogens is 352 g/mol. The normalized spacial score (nSPS) is 9.71. The first-order valence-electron chi connectivity index (χ1n) is 8.91. The average Bonchev–Trinajstić information content (AvgIpc) is 2.74. The summed E-state index contributed by atoms with van der Waals surface area (Å²) in [6, 6.07) is 18.6. The summed E-state index contributed by atoms with van der Waals surface area (Å²) in [6.07, 6.45) is 2.27. The highest BCUT2D eigenvalue weighted by Crippen LogP contribution is 2.26. The number of nitrogens with two attached hydrogens (primary N) is 1. The van der Waals surface area contributed by atoms with Gasteiger partial charge in [0.05, 0.1) is 0 Å². The molecule has 1 heterocycles. The largest absolute Gasteiger partial charge is 0.473 e. The number of nitrogens with zero attached hydrogens (tertiary/aromatic N) is 1. The average molecular weight is 378 g/mol. The lowest BCUT2D eigenvalue weighted by Crippen LogP contribution is -2.18. The molecule has 3 rings (SSSR count). The molecule has 0 aliphatic rings. The van der Waals surface area contributed by atoms with Gasteiger partial charge in [-0.25, -0.2) is 10.8 Å². The van der Waals surface area contributed by atoms with E-state index in [1.807, 2.05) is 44.4 Å². The predicted molar refractivity (Wildman–Crippen MR) is 113 cm³/mol. The van der Waals surface area contributed by atoms with E-state index in [2.05, 4.69) is 53.4 Å². The molecule has 0 radical (unpaired) electrons.